The molecule has 0 saturated heterocycles. The summed E-state index contributed by atoms with van der Waals surface area (Å²) in [6.45, 7) is 0.468. The van der Waals surface area contributed by atoms with E-state index >= 15 is 0 Å². The van der Waals surface area contributed by atoms with Crippen LogP contribution in [0.4, 0.5) is 11.9 Å². The number of nitrogens with two attached hydrogens (primary N) is 1. The summed E-state index contributed by atoms with van der Waals surface area (Å²) in [4.78, 5) is 24.2. The first-order valence-corrected chi connectivity index (χ1v) is 5.80. The summed E-state index contributed by atoms with van der Waals surface area (Å²) in [6, 6.07) is 1.80. The van der Waals surface area contributed by atoms with Crippen LogP contribution in [0, 0.1) is 0 Å². The molecule has 9 nitrogen and oxygen atoms in total. The molecule has 0 unspecified atom stereocenters. The standard InChI is InChI=1S/C11H11N9/c12-9-17-10(15-5-8-1-2-13-6-16-8)19-11(18-9)20-4-3-14-7-20/h1-4,6-7H,5H2,(H3,12,15,17,18,19). The maximum atomic E-state index is 5.67. The molecule has 0 amide bonds. The molecule has 0 aliphatic carbocycles. The summed E-state index contributed by atoms with van der Waals surface area (Å²) >= 11 is 0. The maximum absolute atomic E-state index is 5.67. The third kappa shape index (κ3) is 2.66. The molecule has 3 N–H and O–H groups in total. The molecule has 0 spiro atoms. The quantitative estimate of drug-likeness (QED) is 0.681. The van der Waals surface area contributed by atoms with Crippen LogP contribution in [0.3, 0.4) is 0 Å². The number of hydrogen-bond acceptors (Lipinski definition) is 8. The number of imidazole rings is 1. The van der Waals surface area contributed by atoms with Crippen LogP contribution in [0.15, 0.2) is 37.3 Å². The molecule has 9 heteroatoms. The van der Waals surface area contributed by atoms with Gasteiger partial charge in [-0.2, -0.15) is 15.0 Å². The number of hydrogen-bond donors (Lipinski definition) is 2. The average Bonchev–Trinajstić information content (AvgIpc) is 3.00. The third-order valence-corrected chi connectivity index (χ3v) is 2.45. The van der Waals surface area contributed by atoms with Crippen LogP contribution < -0.4 is 11.1 Å². The van der Waals surface area contributed by atoms with E-state index in [-0.39, 0.29) is 5.95 Å². The second-order valence-electron chi connectivity index (χ2n) is 3.84. The zero-order chi connectivity index (χ0) is 13.8. The fourth-order valence-corrected chi connectivity index (χ4v) is 1.54. The molecular weight excluding hydrogens is 258 g/mol. The summed E-state index contributed by atoms with van der Waals surface area (Å²) in [7, 11) is 0. The minimum absolute atomic E-state index is 0.133. The van der Waals surface area contributed by atoms with Crippen LogP contribution in [-0.2, 0) is 6.54 Å². The molecule has 3 rings (SSSR count). The van der Waals surface area contributed by atoms with Crippen molar-refractivity contribution in [2.24, 2.45) is 0 Å². The van der Waals surface area contributed by atoms with Crippen LogP contribution in [0.2, 0.25) is 0 Å². The summed E-state index contributed by atoms with van der Waals surface area (Å²) in [5, 5.41) is 3.04. The molecule has 3 aromatic heterocycles. The van der Waals surface area contributed by atoms with Gasteiger partial charge in [0.05, 0.1) is 12.2 Å². The van der Waals surface area contributed by atoms with Gasteiger partial charge in [-0.25, -0.2) is 15.0 Å². The summed E-state index contributed by atoms with van der Waals surface area (Å²) < 4.78 is 1.65. The Morgan fingerprint density at radius 1 is 1.15 bits per heavy atom. The van der Waals surface area contributed by atoms with Gasteiger partial charge in [0.25, 0.3) is 0 Å². The van der Waals surface area contributed by atoms with Crippen molar-refractivity contribution in [2.75, 3.05) is 11.1 Å². The molecule has 3 aromatic rings. The van der Waals surface area contributed by atoms with Crippen molar-refractivity contribution in [3.05, 3.63) is 43.0 Å². The Kier molecular flexibility index (Phi) is 3.15. The topological polar surface area (TPSA) is 120 Å². The molecule has 0 aromatic carbocycles. The number of nitrogen functional groups attached to an aromatic ring is 1. The SMILES string of the molecule is Nc1nc(NCc2ccncn2)nc(-n2ccnc2)n1. The van der Waals surface area contributed by atoms with E-state index < -0.39 is 0 Å². The van der Waals surface area contributed by atoms with Gasteiger partial charge in [-0.1, -0.05) is 0 Å². The van der Waals surface area contributed by atoms with Gasteiger partial charge in [-0.3, -0.25) is 4.57 Å². The number of rotatable bonds is 4. The zero-order valence-corrected chi connectivity index (χ0v) is 10.4. The molecule has 0 bridgehead atoms. The van der Waals surface area contributed by atoms with E-state index in [2.05, 4.69) is 35.2 Å². The van der Waals surface area contributed by atoms with Crippen LogP contribution in [0.25, 0.3) is 5.95 Å². The van der Waals surface area contributed by atoms with Gasteiger partial charge < -0.3 is 11.1 Å². The molecule has 0 saturated carbocycles. The van der Waals surface area contributed by atoms with Gasteiger partial charge in [0.15, 0.2) is 0 Å². The van der Waals surface area contributed by atoms with E-state index in [0.717, 1.165) is 5.69 Å². The first kappa shape index (κ1) is 12.0. The fourth-order valence-electron chi connectivity index (χ4n) is 1.54. The van der Waals surface area contributed by atoms with E-state index in [1.54, 1.807) is 35.6 Å². The molecule has 0 radical (unpaired) electrons. The number of aromatic nitrogens is 7. The van der Waals surface area contributed by atoms with E-state index in [1.165, 1.54) is 6.33 Å². The van der Waals surface area contributed by atoms with Crippen molar-refractivity contribution >= 4 is 11.9 Å². The van der Waals surface area contributed by atoms with Gasteiger partial charge in [0.2, 0.25) is 17.8 Å². The monoisotopic (exact) mass is 269 g/mol. The van der Waals surface area contributed by atoms with E-state index in [4.69, 9.17) is 5.73 Å². The number of anilines is 2. The summed E-state index contributed by atoms with van der Waals surface area (Å²) in [5.41, 5.74) is 6.50. The molecule has 3 heterocycles. The van der Waals surface area contributed by atoms with E-state index in [9.17, 15) is 0 Å². The van der Waals surface area contributed by atoms with Gasteiger partial charge in [-0.05, 0) is 6.07 Å². The Bertz CT molecular complexity index is 680. The minimum Gasteiger partial charge on any atom is -0.368 e. The van der Waals surface area contributed by atoms with Crippen molar-refractivity contribution in [2.45, 2.75) is 6.54 Å². The highest BCUT2D eigenvalue weighted by atomic mass is 15.3. The zero-order valence-electron chi connectivity index (χ0n) is 10.4. The first-order valence-electron chi connectivity index (χ1n) is 5.80. The lowest BCUT2D eigenvalue weighted by Gasteiger charge is -2.06. The normalized spacial score (nSPS) is 10.4. The Labute approximate surface area is 114 Å². The second-order valence-corrected chi connectivity index (χ2v) is 3.84. The highest BCUT2D eigenvalue weighted by Gasteiger charge is 2.06. The Morgan fingerprint density at radius 3 is 2.85 bits per heavy atom. The lowest BCUT2D eigenvalue weighted by Crippen LogP contribution is -2.11. The molecule has 0 fully saturated rings. The molecule has 0 aliphatic heterocycles. The van der Waals surface area contributed by atoms with Gasteiger partial charge in [0, 0.05) is 18.6 Å². The molecule has 20 heavy (non-hydrogen) atoms. The first-order chi connectivity index (χ1) is 9.81. The molecule has 0 aliphatic rings. The van der Waals surface area contributed by atoms with Crippen LogP contribution in [0.5, 0.6) is 0 Å². The Balaban J connectivity index is 1.80. The largest absolute Gasteiger partial charge is 0.368 e. The molecular formula is C11H11N9. The lowest BCUT2D eigenvalue weighted by atomic mass is 10.4. The van der Waals surface area contributed by atoms with Crippen LogP contribution >= 0.6 is 0 Å². The predicted molar refractivity (Wildman–Crippen MR) is 70.7 cm³/mol. The van der Waals surface area contributed by atoms with Crippen LogP contribution in [-0.4, -0.2) is 34.5 Å². The Morgan fingerprint density at radius 2 is 2.10 bits per heavy atom. The van der Waals surface area contributed by atoms with Crippen molar-refractivity contribution in [3.63, 3.8) is 0 Å². The lowest BCUT2D eigenvalue weighted by molar-refractivity contribution is 0.890. The molecule has 100 valence electrons. The van der Waals surface area contributed by atoms with Gasteiger partial charge in [0.1, 0.15) is 12.7 Å². The van der Waals surface area contributed by atoms with E-state index in [1.807, 2.05) is 0 Å². The highest BCUT2D eigenvalue weighted by molar-refractivity contribution is 5.35. The highest BCUT2D eigenvalue weighted by Crippen LogP contribution is 2.07. The predicted octanol–water partition coefficient (Wildman–Crippen LogP) is 0.0416. The average molecular weight is 269 g/mol. The number of nitrogens with one attached hydrogen (secondary N) is 1. The summed E-state index contributed by atoms with van der Waals surface area (Å²) in [6.07, 6.45) is 8.10. The van der Waals surface area contributed by atoms with Gasteiger partial charge >= 0.3 is 0 Å². The summed E-state index contributed by atoms with van der Waals surface area (Å²) in [5.74, 6) is 0.911. The smallest absolute Gasteiger partial charge is 0.241 e. The molecule has 0 atom stereocenters. The Hall–Kier alpha value is -3.10. The van der Waals surface area contributed by atoms with Gasteiger partial charge in [-0.15, -0.1) is 0 Å². The van der Waals surface area contributed by atoms with Crippen molar-refractivity contribution in [1.29, 1.82) is 0 Å². The fraction of sp³-hybridized carbons (Fsp3) is 0.0909. The van der Waals surface area contributed by atoms with Crippen LogP contribution in [0.1, 0.15) is 5.69 Å². The third-order valence-electron chi connectivity index (χ3n) is 2.45. The maximum Gasteiger partial charge on any atom is 0.241 e. The van der Waals surface area contributed by atoms with E-state index in [0.29, 0.717) is 18.4 Å². The van der Waals surface area contributed by atoms with Crippen molar-refractivity contribution in [1.82, 2.24) is 34.5 Å². The second kappa shape index (κ2) is 5.26. The number of nitrogens with zero attached hydrogens (tertiary/aromatic N) is 7. The minimum atomic E-state index is 0.133. The van der Waals surface area contributed by atoms with Crippen molar-refractivity contribution in [3.8, 4) is 5.95 Å². The van der Waals surface area contributed by atoms with Crippen molar-refractivity contribution < 1.29 is 0 Å².